The first-order valence-electron chi connectivity index (χ1n) is 6.23. The molecular formula is C12H21N3O3. The number of hydrogen-bond acceptors (Lipinski definition) is 4. The fourth-order valence-corrected chi connectivity index (χ4v) is 2.02. The Morgan fingerprint density at radius 2 is 1.78 bits per heavy atom. The molecule has 0 bridgehead atoms. The summed E-state index contributed by atoms with van der Waals surface area (Å²) in [6.45, 7) is 3.40. The minimum absolute atomic E-state index is 0.00839. The van der Waals surface area contributed by atoms with Crippen molar-refractivity contribution in [3.05, 3.63) is 0 Å². The lowest BCUT2D eigenvalue weighted by Crippen LogP contribution is -2.47. The van der Waals surface area contributed by atoms with Gasteiger partial charge < -0.3 is 10.6 Å². The van der Waals surface area contributed by atoms with E-state index >= 15 is 0 Å². The maximum atomic E-state index is 11.4. The zero-order valence-electron chi connectivity index (χ0n) is 11.0. The van der Waals surface area contributed by atoms with Crippen molar-refractivity contribution in [1.82, 2.24) is 15.5 Å². The number of rotatable bonds is 5. The van der Waals surface area contributed by atoms with Crippen molar-refractivity contribution in [2.24, 2.45) is 0 Å². The highest BCUT2D eigenvalue weighted by atomic mass is 16.2. The van der Waals surface area contributed by atoms with Crippen LogP contribution in [0.1, 0.15) is 26.2 Å². The van der Waals surface area contributed by atoms with E-state index in [1.54, 1.807) is 7.05 Å². The van der Waals surface area contributed by atoms with Gasteiger partial charge in [0.05, 0.1) is 13.0 Å². The van der Waals surface area contributed by atoms with Gasteiger partial charge in [0.25, 0.3) is 0 Å². The second-order valence-electron chi connectivity index (χ2n) is 4.67. The highest BCUT2D eigenvalue weighted by Crippen LogP contribution is 2.10. The smallest absolute Gasteiger partial charge is 0.233 e. The standard InChI is InChI=1S/C12H21N3O3/c1-9(16)7-11(17)14-10-3-5-15(6-4-10)8-12(18)13-2/h10H,3-8H2,1-2H3,(H,13,18)(H,14,17). The van der Waals surface area contributed by atoms with E-state index in [0.717, 1.165) is 25.9 Å². The van der Waals surface area contributed by atoms with Gasteiger partial charge in [0.2, 0.25) is 11.8 Å². The number of hydrogen-bond donors (Lipinski definition) is 2. The van der Waals surface area contributed by atoms with Crippen LogP contribution >= 0.6 is 0 Å². The van der Waals surface area contributed by atoms with Gasteiger partial charge in [0, 0.05) is 26.2 Å². The molecule has 0 radical (unpaired) electrons. The lowest BCUT2D eigenvalue weighted by Gasteiger charge is -2.31. The molecule has 1 saturated heterocycles. The fraction of sp³-hybridized carbons (Fsp3) is 0.750. The van der Waals surface area contributed by atoms with E-state index in [0.29, 0.717) is 6.54 Å². The van der Waals surface area contributed by atoms with Crippen molar-refractivity contribution in [2.45, 2.75) is 32.2 Å². The van der Waals surface area contributed by atoms with Crippen LogP contribution in [0.2, 0.25) is 0 Å². The van der Waals surface area contributed by atoms with Crippen molar-refractivity contribution in [3.63, 3.8) is 0 Å². The molecule has 0 spiro atoms. The minimum atomic E-state index is -0.202. The summed E-state index contributed by atoms with van der Waals surface area (Å²) in [6.07, 6.45) is 1.60. The first-order chi connectivity index (χ1) is 8.51. The normalized spacial score (nSPS) is 17.2. The van der Waals surface area contributed by atoms with Gasteiger partial charge in [-0.15, -0.1) is 0 Å². The number of ketones is 1. The number of nitrogens with one attached hydrogen (secondary N) is 2. The Balaban J connectivity index is 2.25. The van der Waals surface area contributed by atoms with Gasteiger partial charge in [-0.05, 0) is 19.8 Å². The van der Waals surface area contributed by atoms with Crippen molar-refractivity contribution < 1.29 is 14.4 Å². The molecule has 1 aliphatic rings. The SMILES string of the molecule is CNC(=O)CN1CCC(NC(=O)CC(C)=O)CC1. The summed E-state index contributed by atoms with van der Waals surface area (Å²) in [4.78, 5) is 35.5. The van der Waals surface area contributed by atoms with Crippen molar-refractivity contribution in [3.8, 4) is 0 Å². The maximum Gasteiger partial charge on any atom is 0.233 e. The van der Waals surface area contributed by atoms with Gasteiger partial charge in [-0.1, -0.05) is 0 Å². The summed E-state index contributed by atoms with van der Waals surface area (Å²) >= 11 is 0. The summed E-state index contributed by atoms with van der Waals surface area (Å²) in [6, 6.07) is 0.123. The van der Waals surface area contributed by atoms with Crippen LogP contribution in [0.4, 0.5) is 0 Å². The highest BCUT2D eigenvalue weighted by molar-refractivity contribution is 5.96. The zero-order valence-corrected chi connectivity index (χ0v) is 11.0. The maximum absolute atomic E-state index is 11.4. The second-order valence-corrected chi connectivity index (χ2v) is 4.67. The Kier molecular flexibility index (Phi) is 5.77. The summed E-state index contributed by atoms with van der Waals surface area (Å²) < 4.78 is 0. The Hall–Kier alpha value is -1.43. The van der Waals surface area contributed by atoms with Gasteiger partial charge in [0.15, 0.2) is 0 Å². The number of likely N-dealkylation sites (tertiary alicyclic amines) is 1. The van der Waals surface area contributed by atoms with Gasteiger partial charge in [-0.2, -0.15) is 0 Å². The summed E-state index contributed by atoms with van der Waals surface area (Å²) in [5.41, 5.74) is 0. The first kappa shape index (κ1) is 14.6. The molecule has 2 N–H and O–H groups in total. The molecule has 1 rings (SSSR count). The number of carbonyl (C=O) groups is 3. The first-order valence-corrected chi connectivity index (χ1v) is 6.23. The number of Topliss-reactive ketones (excluding diaryl/α,β-unsaturated/α-hetero) is 1. The number of amides is 2. The Morgan fingerprint density at radius 3 is 2.28 bits per heavy atom. The van der Waals surface area contributed by atoms with Crippen LogP contribution in [0.25, 0.3) is 0 Å². The molecule has 0 aromatic heterocycles. The summed E-state index contributed by atoms with van der Waals surface area (Å²) in [5.74, 6) is -0.314. The molecule has 102 valence electrons. The van der Waals surface area contributed by atoms with E-state index in [-0.39, 0.29) is 30.1 Å². The molecule has 1 heterocycles. The van der Waals surface area contributed by atoms with Gasteiger partial charge in [-0.25, -0.2) is 0 Å². The summed E-state index contributed by atoms with van der Waals surface area (Å²) in [7, 11) is 1.62. The van der Waals surface area contributed by atoms with E-state index in [1.807, 2.05) is 0 Å². The highest BCUT2D eigenvalue weighted by Gasteiger charge is 2.21. The third-order valence-corrected chi connectivity index (χ3v) is 3.01. The quantitative estimate of drug-likeness (QED) is 0.636. The lowest BCUT2D eigenvalue weighted by atomic mass is 10.0. The van der Waals surface area contributed by atoms with E-state index < -0.39 is 0 Å². The molecule has 1 aliphatic heterocycles. The van der Waals surface area contributed by atoms with Crippen molar-refractivity contribution in [1.29, 1.82) is 0 Å². The van der Waals surface area contributed by atoms with Crippen LogP contribution in [-0.4, -0.2) is 55.2 Å². The van der Waals surface area contributed by atoms with Crippen LogP contribution in [0.15, 0.2) is 0 Å². The van der Waals surface area contributed by atoms with Gasteiger partial charge in [0.1, 0.15) is 5.78 Å². The van der Waals surface area contributed by atoms with Crippen LogP contribution in [0.5, 0.6) is 0 Å². The number of likely N-dealkylation sites (N-methyl/N-ethyl adjacent to an activating group) is 1. The van der Waals surface area contributed by atoms with Crippen LogP contribution in [0, 0.1) is 0 Å². The molecule has 18 heavy (non-hydrogen) atoms. The van der Waals surface area contributed by atoms with Crippen LogP contribution in [-0.2, 0) is 14.4 Å². The Bertz CT molecular complexity index is 323. The average molecular weight is 255 g/mol. The van der Waals surface area contributed by atoms with Gasteiger partial charge >= 0.3 is 0 Å². The molecule has 0 atom stereocenters. The zero-order chi connectivity index (χ0) is 13.5. The van der Waals surface area contributed by atoms with Crippen LogP contribution < -0.4 is 10.6 Å². The Labute approximate surface area is 107 Å². The summed E-state index contributed by atoms with van der Waals surface area (Å²) in [5, 5.41) is 5.44. The van der Waals surface area contributed by atoms with Crippen molar-refractivity contribution >= 4 is 17.6 Å². The number of nitrogens with zero attached hydrogens (tertiary/aromatic N) is 1. The molecule has 0 aromatic carbocycles. The molecule has 1 fully saturated rings. The molecule has 6 nitrogen and oxygen atoms in total. The van der Waals surface area contributed by atoms with E-state index in [2.05, 4.69) is 15.5 Å². The minimum Gasteiger partial charge on any atom is -0.358 e. The predicted molar refractivity (Wildman–Crippen MR) is 67.0 cm³/mol. The number of carbonyl (C=O) groups excluding carboxylic acids is 3. The Morgan fingerprint density at radius 1 is 1.17 bits per heavy atom. The predicted octanol–water partition coefficient (Wildman–Crippen LogP) is -0.708. The van der Waals surface area contributed by atoms with Crippen LogP contribution in [0.3, 0.4) is 0 Å². The molecule has 6 heteroatoms. The number of piperidine rings is 1. The van der Waals surface area contributed by atoms with Crippen molar-refractivity contribution in [2.75, 3.05) is 26.7 Å². The molecule has 0 saturated carbocycles. The second kappa shape index (κ2) is 7.10. The molecular weight excluding hydrogens is 234 g/mol. The fourth-order valence-electron chi connectivity index (χ4n) is 2.02. The average Bonchev–Trinajstić information content (AvgIpc) is 2.30. The molecule has 0 aliphatic carbocycles. The largest absolute Gasteiger partial charge is 0.358 e. The topological polar surface area (TPSA) is 78.5 Å². The van der Waals surface area contributed by atoms with E-state index in [9.17, 15) is 14.4 Å². The third kappa shape index (κ3) is 5.27. The molecule has 0 aromatic rings. The molecule has 0 unspecified atom stereocenters. The van der Waals surface area contributed by atoms with Gasteiger partial charge in [-0.3, -0.25) is 19.3 Å². The van der Waals surface area contributed by atoms with E-state index in [1.165, 1.54) is 6.92 Å². The monoisotopic (exact) mass is 255 g/mol. The lowest BCUT2D eigenvalue weighted by molar-refractivity contribution is -0.128. The van der Waals surface area contributed by atoms with E-state index in [4.69, 9.17) is 0 Å². The molecule has 2 amide bonds. The third-order valence-electron chi connectivity index (χ3n) is 3.01.